The molecule has 38 heavy (non-hydrogen) atoms. The fourth-order valence-electron chi connectivity index (χ4n) is 4.63. The lowest BCUT2D eigenvalue weighted by Gasteiger charge is -2.10. The van der Waals surface area contributed by atoms with Crippen LogP contribution in [0.2, 0.25) is 0 Å². The number of nitrogens with zero attached hydrogens (tertiary/aromatic N) is 3. The fourth-order valence-corrected chi connectivity index (χ4v) is 4.63. The van der Waals surface area contributed by atoms with Gasteiger partial charge in [0, 0.05) is 41.3 Å². The molecule has 0 spiro atoms. The van der Waals surface area contributed by atoms with Crippen LogP contribution in [0.3, 0.4) is 0 Å². The van der Waals surface area contributed by atoms with Crippen LogP contribution in [0.15, 0.2) is 104 Å². The Morgan fingerprint density at radius 1 is 0.789 bits per heavy atom. The van der Waals surface area contributed by atoms with E-state index in [-0.39, 0.29) is 12.5 Å². The number of amides is 1. The van der Waals surface area contributed by atoms with Crippen LogP contribution < -0.4 is 16.0 Å². The standard InChI is InChI=1S/C31H24N6O/c32-18-20-6-8-22(9-7-20)30-24(21-4-2-1-3-5-21)17-25-26(37-30)12-13-33-29(25)19-36-31(38)23-10-11-27-28(16-23)35-15-14-34-27/h1-17H,18-19,32H2,(H,36,38)/p+2. The van der Waals surface area contributed by atoms with Crippen molar-refractivity contribution in [1.82, 2.24) is 20.3 Å². The molecule has 0 saturated carbocycles. The van der Waals surface area contributed by atoms with Crippen molar-refractivity contribution in [2.24, 2.45) is 0 Å². The van der Waals surface area contributed by atoms with Crippen molar-refractivity contribution < 1.29 is 15.5 Å². The molecule has 184 valence electrons. The van der Waals surface area contributed by atoms with Crippen LogP contribution in [-0.2, 0) is 13.1 Å². The van der Waals surface area contributed by atoms with Gasteiger partial charge in [-0.15, -0.1) is 0 Å². The summed E-state index contributed by atoms with van der Waals surface area (Å²) in [5, 5.41) is 3.97. The molecule has 7 heteroatoms. The van der Waals surface area contributed by atoms with Gasteiger partial charge in [-0.3, -0.25) is 19.7 Å². The lowest BCUT2D eigenvalue weighted by Crippen LogP contribution is -2.47. The molecule has 0 aliphatic carbocycles. The Labute approximate surface area is 219 Å². The van der Waals surface area contributed by atoms with E-state index in [1.54, 1.807) is 36.8 Å². The Morgan fingerprint density at radius 3 is 2.37 bits per heavy atom. The predicted molar refractivity (Wildman–Crippen MR) is 146 cm³/mol. The lowest BCUT2D eigenvalue weighted by molar-refractivity contribution is -0.386. The van der Waals surface area contributed by atoms with Crippen LogP contribution in [0.4, 0.5) is 0 Å². The molecule has 0 atom stereocenters. The summed E-state index contributed by atoms with van der Waals surface area (Å²) in [5.41, 5.74) is 13.1. The van der Waals surface area contributed by atoms with Crippen molar-refractivity contribution in [2.75, 3.05) is 0 Å². The van der Waals surface area contributed by atoms with E-state index in [1.165, 1.54) is 5.56 Å². The Hall–Kier alpha value is -5.01. The highest BCUT2D eigenvalue weighted by Gasteiger charge is 2.20. The van der Waals surface area contributed by atoms with Gasteiger partial charge in [0.15, 0.2) is 0 Å². The van der Waals surface area contributed by atoms with E-state index in [0.29, 0.717) is 11.1 Å². The molecule has 0 fully saturated rings. The summed E-state index contributed by atoms with van der Waals surface area (Å²) in [6.07, 6.45) is 5.02. The molecule has 6 aromatic rings. The lowest BCUT2D eigenvalue weighted by atomic mass is 9.96. The SMILES string of the molecule is [NH3+]Cc1ccc(-c2[nH+]c3ccnc(CNC(=O)c4ccc5nccnc5c4)c3cc2-c2ccccc2)cc1. The van der Waals surface area contributed by atoms with Gasteiger partial charge >= 0.3 is 0 Å². The third-order valence-electron chi connectivity index (χ3n) is 6.65. The number of pyridine rings is 2. The van der Waals surface area contributed by atoms with Crippen molar-refractivity contribution in [3.8, 4) is 22.4 Å². The summed E-state index contributed by atoms with van der Waals surface area (Å²) in [5.74, 6) is -0.189. The van der Waals surface area contributed by atoms with Crippen molar-refractivity contribution >= 4 is 27.8 Å². The molecule has 3 aromatic carbocycles. The Balaban J connectivity index is 1.37. The van der Waals surface area contributed by atoms with Gasteiger partial charge in [-0.05, 0) is 42.0 Å². The average Bonchev–Trinajstić information content (AvgIpc) is 2.99. The van der Waals surface area contributed by atoms with Crippen molar-refractivity contribution in [2.45, 2.75) is 13.1 Å². The number of aromatic amines is 1. The second-order valence-corrected chi connectivity index (χ2v) is 9.03. The summed E-state index contributed by atoms with van der Waals surface area (Å²) in [6.45, 7) is 1.04. The van der Waals surface area contributed by atoms with E-state index in [0.717, 1.165) is 51.0 Å². The minimum Gasteiger partial charge on any atom is -0.354 e. The van der Waals surface area contributed by atoms with Gasteiger partial charge in [-0.2, -0.15) is 0 Å². The van der Waals surface area contributed by atoms with Gasteiger partial charge in [-0.25, -0.2) is 4.98 Å². The molecule has 0 saturated heterocycles. The molecule has 0 aliphatic rings. The number of hydrogen-bond acceptors (Lipinski definition) is 4. The van der Waals surface area contributed by atoms with Crippen molar-refractivity contribution in [3.05, 3.63) is 120 Å². The number of aromatic nitrogens is 4. The van der Waals surface area contributed by atoms with Crippen LogP contribution in [0.5, 0.6) is 0 Å². The van der Waals surface area contributed by atoms with Crippen LogP contribution in [-0.4, -0.2) is 20.9 Å². The van der Waals surface area contributed by atoms with E-state index in [1.807, 2.05) is 24.3 Å². The number of fused-ring (bicyclic) bond motifs is 2. The summed E-state index contributed by atoms with van der Waals surface area (Å²) < 4.78 is 0. The topological polar surface area (TPSA) is 110 Å². The molecule has 3 heterocycles. The number of carbonyl (C=O) groups is 1. The first-order valence-corrected chi connectivity index (χ1v) is 12.5. The number of quaternary nitrogens is 1. The predicted octanol–water partition coefficient (Wildman–Crippen LogP) is 4.00. The number of carbonyl (C=O) groups excluding carboxylic acids is 1. The Kier molecular flexibility index (Phi) is 6.25. The van der Waals surface area contributed by atoms with E-state index in [2.05, 4.69) is 73.5 Å². The molecule has 0 unspecified atom stereocenters. The van der Waals surface area contributed by atoms with Crippen LogP contribution in [0, 0.1) is 0 Å². The molecular formula is C31H26N6O+2. The number of hydrogen-bond donors (Lipinski definition) is 2. The van der Waals surface area contributed by atoms with Gasteiger partial charge in [-0.1, -0.05) is 42.5 Å². The number of nitrogens with one attached hydrogen (secondary N) is 2. The molecule has 7 nitrogen and oxygen atoms in total. The molecule has 1 amide bonds. The molecule has 6 rings (SSSR count). The van der Waals surface area contributed by atoms with Gasteiger partial charge in [0.25, 0.3) is 5.91 Å². The maximum atomic E-state index is 13.0. The maximum absolute atomic E-state index is 13.0. The molecule has 5 N–H and O–H groups in total. The van der Waals surface area contributed by atoms with Gasteiger partial charge in [0.2, 0.25) is 11.2 Å². The highest BCUT2D eigenvalue weighted by Crippen LogP contribution is 2.32. The van der Waals surface area contributed by atoms with Crippen LogP contribution >= 0.6 is 0 Å². The second-order valence-electron chi connectivity index (χ2n) is 9.03. The summed E-state index contributed by atoms with van der Waals surface area (Å²) in [4.78, 5) is 29.8. The first kappa shape index (κ1) is 23.4. The molecule has 0 bridgehead atoms. The Morgan fingerprint density at radius 2 is 1.58 bits per heavy atom. The molecular weight excluding hydrogens is 472 g/mol. The van der Waals surface area contributed by atoms with E-state index >= 15 is 0 Å². The van der Waals surface area contributed by atoms with E-state index in [4.69, 9.17) is 0 Å². The minimum absolute atomic E-state index is 0.189. The molecule has 0 radical (unpaired) electrons. The summed E-state index contributed by atoms with van der Waals surface area (Å²) in [6, 6.07) is 28.2. The zero-order valence-electron chi connectivity index (χ0n) is 20.7. The average molecular weight is 499 g/mol. The molecule has 3 aromatic heterocycles. The van der Waals surface area contributed by atoms with Crippen LogP contribution in [0.25, 0.3) is 44.3 Å². The number of rotatable bonds is 6. The first-order valence-electron chi connectivity index (χ1n) is 12.5. The van der Waals surface area contributed by atoms with Gasteiger partial charge in [0.05, 0.1) is 40.8 Å². The quantitative estimate of drug-likeness (QED) is 0.362. The van der Waals surface area contributed by atoms with Crippen molar-refractivity contribution in [1.29, 1.82) is 0 Å². The molecule has 0 aliphatic heterocycles. The van der Waals surface area contributed by atoms with Crippen molar-refractivity contribution in [3.63, 3.8) is 0 Å². The van der Waals surface area contributed by atoms with Crippen LogP contribution in [0.1, 0.15) is 21.6 Å². The highest BCUT2D eigenvalue weighted by atomic mass is 16.1. The zero-order chi connectivity index (χ0) is 25.9. The summed E-state index contributed by atoms with van der Waals surface area (Å²) >= 11 is 0. The minimum atomic E-state index is -0.189. The maximum Gasteiger partial charge on any atom is 0.251 e. The second kappa shape index (κ2) is 10.2. The number of H-pyrrole nitrogens is 1. The van der Waals surface area contributed by atoms with E-state index in [9.17, 15) is 4.79 Å². The van der Waals surface area contributed by atoms with Gasteiger partial charge in [0.1, 0.15) is 0 Å². The Bertz CT molecular complexity index is 1770. The zero-order valence-corrected chi connectivity index (χ0v) is 20.7. The largest absolute Gasteiger partial charge is 0.354 e. The highest BCUT2D eigenvalue weighted by molar-refractivity contribution is 5.97. The third-order valence-corrected chi connectivity index (χ3v) is 6.65. The normalized spacial score (nSPS) is 11.1. The van der Waals surface area contributed by atoms with Gasteiger partial charge < -0.3 is 11.1 Å². The monoisotopic (exact) mass is 498 g/mol. The summed E-state index contributed by atoms with van der Waals surface area (Å²) in [7, 11) is 0. The smallest absolute Gasteiger partial charge is 0.251 e. The van der Waals surface area contributed by atoms with E-state index < -0.39 is 0 Å². The first-order chi connectivity index (χ1) is 18.7. The fraction of sp³-hybridized carbons (Fsp3) is 0.0645. The number of benzene rings is 3. The third kappa shape index (κ3) is 4.58.